The predicted molar refractivity (Wildman–Crippen MR) is 72.3 cm³/mol. The van der Waals surface area contributed by atoms with Gasteiger partial charge in [0.2, 0.25) is 0 Å². The molecule has 86 valence electrons. The maximum atomic E-state index is 5.75. The summed E-state index contributed by atoms with van der Waals surface area (Å²) in [6.45, 7) is 1.50. The van der Waals surface area contributed by atoms with E-state index in [9.17, 15) is 0 Å². The van der Waals surface area contributed by atoms with Gasteiger partial charge in [0.05, 0.1) is 0 Å². The Bertz CT molecular complexity index is 527. The van der Waals surface area contributed by atoms with E-state index in [2.05, 4.69) is 39.0 Å². The quantitative estimate of drug-likeness (QED) is 0.792. The first-order valence-corrected chi connectivity index (χ1v) is 6.33. The van der Waals surface area contributed by atoms with Crippen LogP contribution in [0.5, 0.6) is 5.75 Å². The lowest BCUT2D eigenvalue weighted by atomic mass is 10.1. The van der Waals surface area contributed by atoms with E-state index in [1.807, 2.05) is 30.3 Å². The third-order valence-corrected chi connectivity index (χ3v) is 3.37. The number of ether oxygens (including phenoxy) is 1. The number of hydrogen-bond acceptors (Lipinski definition) is 2. The largest absolute Gasteiger partial charge is 0.473 e. The van der Waals surface area contributed by atoms with Crippen molar-refractivity contribution in [2.75, 3.05) is 11.6 Å². The van der Waals surface area contributed by atoms with Crippen molar-refractivity contribution < 1.29 is 4.74 Å². The first-order chi connectivity index (χ1) is 8.33. The summed E-state index contributed by atoms with van der Waals surface area (Å²) in [7, 11) is 0. The molecule has 3 heteroatoms. The lowest BCUT2D eigenvalue weighted by Gasteiger charge is -2.30. The van der Waals surface area contributed by atoms with Crippen LogP contribution in [0.25, 0.3) is 0 Å². The first kappa shape index (κ1) is 10.7. The Morgan fingerprint density at radius 1 is 1.06 bits per heavy atom. The molecule has 1 heterocycles. The number of halogens is 1. The molecule has 0 fully saturated rings. The summed E-state index contributed by atoms with van der Waals surface area (Å²) in [5, 5.41) is 0. The van der Waals surface area contributed by atoms with Crippen LogP contribution in [0.15, 0.2) is 53.0 Å². The minimum atomic E-state index is 0.610. The average Bonchev–Trinajstić information content (AvgIpc) is 2.39. The van der Waals surface area contributed by atoms with Crippen molar-refractivity contribution >= 4 is 21.6 Å². The molecule has 2 aromatic carbocycles. The smallest absolute Gasteiger partial charge is 0.161 e. The van der Waals surface area contributed by atoms with Crippen LogP contribution >= 0.6 is 15.9 Å². The first-order valence-electron chi connectivity index (χ1n) is 5.54. The van der Waals surface area contributed by atoms with Gasteiger partial charge in [0.1, 0.15) is 5.75 Å². The van der Waals surface area contributed by atoms with Crippen LogP contribution in [0.3, 0.4) is 0 Å². The van der Waals surface area contributed by atoms with E-state index in [0.717, 1.165) is 16.8 Å². The molecule has 0 aromatic heterocycles. The number of para-hydroxylation sites is 1. The molecule has 0 aliphatic carbocycles. The minimum absolute atomic E-state index is 0.610. The van der Waals surface area contributed by atoms with Crippen molar-refractivity contribution in [3.63, 3.8) is 0 Å². The summed E-state index contributed by atoms with van der Waals surface area (Å²) in [6.07, 6.45) is 0. The molecule has 0 amide bonds. The maximum Gasteiger partial charge on any atom is 0.161 e. The predicted octanol–water partition coefficient (Wildman–Crippen LogP) is 3.81. The topological polar surface area (TPSA) is 12.5 Å². The molecule has 1 aliphatic rings. The molecule has 2 aromatic rings. The molecule has 0 radical (unpaired) electrons. The Kier molecular flexibility index (Phi) is 2.77. The highest BCUT2D eigenvalue weighted by atomic mass is 79.9. The molecule has 2 nitrogen and oxygen atoms in total. The van der Waals surface area contributed by atoms with E-state index < -0.39 is 0 Å². The Labute approximate surface area is 109 Å². The van der Waals surface area contributed by atoms with Crippen LogP contribution in [0.1, 0.15) is 5.56 Å². The summed E-state index contributed by atoms with van der Waals surface area (Å²) >= 11 is 3.49. The zero-order valence-corrected chi connectivity index (χ0v) is 10.9. The second-order valence-corrected chi connectivity index (χ2v) is 4.97. The minimum Gasteiger partial charge on any atom is -0.473 e. The summed E-state index contributed by atoms with van der Waals surface area (Å²) in [5.74, 6) is 0.986. The summed E-state index contributed by atoms with van der Waals surface area (Å²) in [6, 6.07) is 16.5. The zero-order valence-electron chi connectivity index (χ0n) is 9.27. The molecule has 0 spiro atoms. The van der Waals surface area contributed by atoms with Crippen molar-refractivity contribution in [3.8, 4) is 5.75 Å². The third kappa shape index (κ3) is 2.15. The monoisotopic (exact) mass is 289 g/mol. The summed E-state index contributed by atoms with van der Waals surface area (Å²) in [4.78, 5) is 2.22. The van der Waals surface area contributed by atoms with Crippen LogP contribution in [0.4, 0.5) is 5.69 Å². The average molecular weight is 290 g/mol. The van der Waals surface area contributed by atoms with E-state index in [-0.39, 0.29) is 0 Å². The molecule has 0 saturated carbocycles. The third-order valence-electron chi connectivity index (χ3n) is 2.88. The van der Waals surface area contributed by atoms with Crippen molar-refractivity contribution in [2.45, 2.75) is 6.54 Å². The van der Waals surface area contributed by atoms with Crippen molar-refractivity contribution in [1.29, 1.82) is 0 Å². The fourth-order valence-corrected chi connectivity index (χ4v) is 2.42. The van der Waals surface area contributed by atoms with Gasteiger partial charge in [-0.15, -0.1) is 0 Å². The Hall–Kier alpha value is -1.48. The Morgan fingerprint density at radius 3 is 2.71 bits per heavy atom. The molecule has 0 saturated heterocycles. The maximum absolute atomic E-state index is 5.75. The standard InChI is InChI=1S/C14H12BrNO/c15-12-6-7-14-11(8-12)9-16(10-17-14)13-4-2-1-3-5-13/h1-8H,9-10H2. The summed E-state index contributed by atoms with van der Waals surface area (Å²) in [5.41, 5.74) is 2.41. The van der Waals surface area contributed by atoms with E-state index in [1.165, 1.54) is 11.3 Å². The number of fused-ring (bicyclic) bond motifs is 1. The van der Waals surface area contributed by atoms with Crippen LogP contribution in [0, 0.1) is 0 Å². The Morgan fingerprint density at radius 2 is 1.88 bits per heavy atom. The van der Waals surface area contributed by atoms with Gasteiger partial charge < -0.3 is 9.64 Å². The van der Waals surface area contributed by atoms with Gasteiger partial charge in [0, 0.05) is 22.3 Å². The van der Waals surface area contributed by atoms with E-state index in [0.29, 0.717) is 6.73 Å². The lowest BCUT2D eigenvalue weighted by Crippen LogP contribution is -2.31. The van der Waals surface area contributed by atoms with Gasteiger partial charge in [0.15, 0.2) is 6.73 Å². The highest BCUT2D eigenvalue weighted by molar-refractivity contribution is 9.10. The van der Waals surface area contributed by atoms with Gasteiger partial charge in [-0.25, -0.2) is 0 Å². The molecular weight excluding hydrogens is 278 g/mol. The number of anilines is 1. The van der Waals surface area contributed by atoms with Gasteiger partial charge in [-0.1, -0.05) is 34.1 Å². The summed E-state index contributed by atoms with van der Waals surface area (Å²) < 4.78 is 6.84. The van der Waals surface area contributed by atoms with Gasteiger partial charge in [0.25, 0.3) is 0 Å². The molecule has 0 unspecified atom stereocenters. The van der Waals surface area contributed by atoms with E-state index in [1.54, 1.807) is 0 Å². The normalized spacial score (nSPS) is 14.1. The molecule has 3 rings (SSSR count). The van der Waals surface area contributed by atoms with Crippen molar-refractivity contribution in [3.05, 3.63) is 58.6 Å². The fourth-order valence-electron chi connectivity index (χ4n) is 2.02. The van der Waals surface area contributed by atoms with E-state index >= 15 is 0 Å². The highest BCUT2D eigenvalue weighted by Crippen LogP contribution is 2.30. The van der Waals surface area contributed by atoms with E-state index in [4.69, 9.17) is 4.74 Å². The fraction of sp³-hybridized carbons (Fsp3) is 0.143. The van der Waals surface area contributed by atoms with Crippen LogP contribution in [0.2, 0.25) is 0 Å². The SMILES string of the molecule is Brc1ccc2c(c1)CN(c1ccccc1)CO2. The Balaban J connectivity index is 1.90. The zero-order chi connectivity index (χ0) is 11.7. The van der Waals surface area contributed by atoms with Gasteiger partial charge in [-0.3, -0.25) is 0 Å². The van der Waals surface area contributed by atoms with Gasteiger partial charge >= 0.3 is 0 Å². The molecule has 1 aliphatic heterocycles. The van der Waals surface area contributed by atoms with Crippen LogP contribution in [-0.2, 0) is 6.54 Å². The van der Waals surface area contributed by atoms with Crippen LogP contribution < -0.4 is 9.64 Å². The molecule has 17 heavy (non-hydrogen) atoms. The molecule has 0 atom stereocenters. The lowest BCUT2D eigenvalue weighted by molar-refractivity contribution is 0.289. The van der Waals surface area contributed by atoms with Gasteiger partial charge in [-0.2, -0.15) is 0 Å². The number of rotatable bonds is 1. The number of benzene rings is 2. The molecule has 0 N–H and O–H groups in total. The second-order valence-electron chi connectivity index (χ2n) is 4.06. The van der Waals surface area contributed by atoms with Crippen molar-refractivity contribution in [1.82, 2.24) is 0 Å². The van der Waals surface area contributed by atoms with Gasteiger partial charge in [-0.05, 0) is 30.3 Å². The molecular formula is C14H12BrNO. The second kappa shape index (κ2) is 4.41. The van der Waals surface area contributed by atoms with Crippen molar-refractivity contribution in [2.24, 2.45) is 0 Å². The number of nitrogens with zero attached hydrogens (tertiary/aromatic N) is 1. The number of hydrogen-bond donors (Lipinski definition) is 0. The van der Waals surface area contributed by atoms with Crippen LogP contribution in [-0.4, -0.2) is 6.73 Å². The highest BCUT2D eigenvalue weighted by Gasteiger charge is 2.17. The molecule has 0 bridgehead atoms.